The van der Waals surface area contributed by atoms with E-state index in [1.54, 1.807) is 63.9 Å². The van der Waals surface area contributed by atoms with E-state index in [1.165, 1.54) is 5.38 Å². The first kappa shape index (κ1) is 49.8. The van der Waals surface area contributed by atoms with Gasteiger partial charge in [0.1, 0.15) is 35.0 Å². The molecule has 5 amide bonds. The number of alkyl carbamates (subject to hydrolysis) is 1. The molecule has 6 N–H and O–H groups in total. The minimum atomic E-state index is -1.10. The van der Waals surface area contributed by atoms with E-state index >= 15 is 0 Å². The van der Waals surface area contributed by atoms with Gasteiger partial charge in [-0.3, -0.25) is 28.9 Å². The quantitative estimate of drug-likeness (QED) is 0.104. The van der Waals surface area contributed by atoms with Gasteiger partial charge < -0.3 is 41.1 Å². The van der Waals surface area contributed by atoms with Crippen LogP contribution in [0.1, 0.15) is 122 Å². The molecule has 0 spiro atoms. The van der Waals surface area contributed by atoms with E-state index in [0.29, 0.717) is 23.5 Å². The van der Waals surface area contributed by atoms with Crippen molar-refractivity contribution in [2.24, 2.45) is 17.8 Å². The summed E-state index contributed by atoms with van der Waals surface area (Å²) in [4.78, 5) is 85.4. The number of aliphatic hydroxyl groups excluding tert-OH is 1. The molecule has 17 heteroatoms. The van der Waals surface area contributed by atoms with Crippen molar-refractivity contribution in [1.82, 2.24) is 30.7 Å². The number of carboxylic acid groups (broad SMARTS) is 1. The van der Waals surface area contributed by atoms with Crippen LogP contribution in [0.25, 0.3) is 0 Å². The lowest BCUT2D eigenvalue weighted by Crippen LogP contribution is -2.60. The average molecular weight is 858 g/mol. The summed E-state index contributed by atoms with van der Waals surface area (Å²) in [7, 11) is 3.62. The third-order valence-corrected chi connectivity index (χ3v) is 12.2. The third-order valence-electron chi connectivity index (χ3n) is 11.3. The number of likely N-dealkylation sites (tertiary alicyclic amines) is 1. The molecule has 0 radical (unpaired) electrons. The van der Waals surface area contributed by atoms with Crippen LogP contribution in [0.15, 0.2) is 29.6 Å². The number of carbonyl (C=O) groups is 6. The molecule has 3 rings (SSSR count). The van der Waals surface area contributed by atoms with E-state index in [2.05, 4.69) is 26.3 Å². The second kappa shape index (κ2) is 21.8. The summed E-state index contributed by atoms with van der Waals surface area (Å²) in [5, 5.41) is 34.0. The number of hydrogen-bond donors (Lipinski definition) is 6. The number of anilines is 1. The highest BCUT2D eigenvalue weighted by molar-refractivity contribution is 7.09. The third kappa shape index (κ3) is 14.3. The topological polar surface area (TPSA) is 220 Å². The Balaban J connectivity index is 1.68. The summed E-state index contributed by atoms with van der Waals surface area (Å²) < 4.78 is 5.14. The molecule has 60 heavy (non-hydrogen) atoms. The van der Waals surface area contributed by atoms with Gasteiger partial charge in [0, 0.05) is 36.6 Å². The summed E-state index contributed by atoms with van der Waals surface area (Å²) in [5.41, 5.74) is -0.0890. The lowest BCUT2D eigenvalue weighted by molar-refractivity contribution is -0.142. The van der Waals surface area contributed by atoms with Crippen molar-refractivity contribution in [2.75, 3.05) is 32.5 Å². The zero-order valence-corrected chi connectivity index (χ0v) is 37.9. The molecule has 16 nitrogen and oxygen atoms in total. The molecule has 1 aromatic carbocycles. The van der Waals surface area contributed by atoms with Crippen LogP contribution in [-0.4, -0.2) is 117 Å². The zero-order chi connectivity index (χ0) is 45.1. The summed E-state index contributed by atoms with van der Waals surface area (Å²) in [6, 6.07) is 5.07. The molecule has 1 aliphatic rings. The van der Waals surface area contributed by atoms with Gasteiger partial charge in [-0.2, -0.15) is 0 Å². The Morgan fingerprint density at radius 2 is 1.68 bits per heavy atom. The molecule has 2 aromatic rings. The maximum atomic E-state index is 14.1. The van der Waals surface area contributed by atoms with Crippen molar-refractivity contribution in [3.63, 3.8) is 0 Å². The van der Waals surface area contributed by atoms with Gasteiger partial charge in [-0.25, -0.2) is 9.78 Å². The number of amides is 5. The van der Waals surface area contributed by atoms with E-state index in [9.17, 15) is 39.0 Å². The van der Waals surface area contributed by atoms with Crippen LogP contribution in [0.4, 0.5) is 10.5 Å². The highest BCUT2D eigenvalue weighted by atomic mass is 32.1. The molecular weight excluding hydrogens is 791 g/mol. The molecule has 0 bridgehead atoms. The average Bonchev–Trinajstić information content (AvgIpc) is 3.81. The van der Waals surface area contributed by atoms with Gasteiger partial charge >= 0.3 is 12.1 Å². The first-order chi connectivity index (χ1) is 27.9. The number of rotatable bonds is 20. The maximum Gasteiger partial charge on any atom is 0.408 e. The second-order valence-electron chi connectivity index (χ2n) is 17.7. The normalized spacial score (nSPS) is 18.7. The highest BCUT2D eigenvalue weighted by Gasteiger charge is 2.44. The zero-order valence-electron chi connectivity index (χ0n) is 37.1. The maximum absolute atomic E-state index is 14.1. The van der Waals surface area contributed by atoms with Gasteiger partial charge in [0.25, 0.3) is 5.91 Å². The fourth-order valence-electron chi connectivity index (χ4n) is 7.16. The van der Waals surface area contributed by atoms with Crippen molar-refractivity contribution in [1.29, 1.82) is 0 Å². The van der Waals surface area contributed by atoms with E-state index in [-0.39, 0.29) is 55.2 Å². The van der Waals surface area contributed by atoms with Crippen LogP contribution in [0, 0.1) is 17.8 Å². The van der Waals surface area contributed by atoms with E-state index in [0.717, 1.165) is 29.9 Å². The number of likely N-dealkylation sites (N-methyl/N-ethyl adjacent to an activating group) is 2. The molecule has 0 aliphatic carbocycles. The van der Waals surface area contributed by atoms with Crippen LogP contribution >= 0.6 is 11.3 Å². The van der Waals surface area contributed by atoms with Gasteiger partial charge in [-0.1, -0.05) is 53.2 Å². The van der Waals surface area contributed by atoms with Gasteiger partial charge in [0.2, 0.25) is 17.7 Å². The van der Waals surface area contributed by atoms with Crippen LogP contribution in [0.3, 0.4) is 0 Å². The van der Waals surface area contributed by atoms with Gasteiger partial charge in [0.05, 0.1) is 11.5 Å². The Labute approximate surface area is 358 Å². The van der Waals surface area contributed by atoms with Crippen LogP contribution in [0.2, 0.25) is 0 Å². The number of benzene rings is 1. The Bertz CT molecular complexity index is 1800. The van der Waals surface area contributed by atoms with Crippen molar-refractivity contribution >= 4 is 52.7 Å². The molecule has 1 aromatic heterocycles. The number of aromatic nitrogens is 1. The minimum absolute atomic E-state index is 0.0633. The second-order valence-corrected chi connectivity index (χ2v) is 18.6. The van der Waals surface area contributed by atoms with E-state index < -0.39 is 65.2 Å². The first-order valence-corrected chi connectivity index (χ1v) is 21.6. The number of carbonyl (C=O) groups excluding carboxylic acids is 5. The highest BCUT2D eigenvalue weighted by Crippen LogP contribution is 2.30. The minimum Gasteiger partial charge on any atom is -0.481 e. The van der Waals surface area contributed by atoms with Crippen molar-refractivity contribution in [2.45, 2.75) is 136 Å². The van der Waals surface area contributed by atoms with Gasteiger partial charge in [-0.05, 0) is 96.5 Å². The summed E-state index contributed by atoms with van der Waals surface area (Å²) >= 11 is 1.11. The molecule has 334 valence electrons. The first-order valence-electron chi connectivity index (χ1n) is 20.8. The molecule has 1 aliphatic heterocycles. The van der Waals surface area contributed by atoms with E-state index in [1.807, 2.05) is 46.6 Å². The van der Waals surface area contributed by atoms with Crippen molar-refractivity contribution in [3.8, 4) is 0 Å². The number of carboxylic acids is 1. The Hall–Kier alpha value is -4.61. The number of aliphatic carboxylic acids is 1. The Morgan fingerprint density at radius 3 is 2.23 bits per heavy atom. The predicted octanol–water partition coefficient (Wildman–Crippen LogP) is 4.98. The molecular formula is C43H67N7O9S. The van der Waals surface area contributed by atoms with Crippen LogP contribution in [-0.2, 0) is 30.3 Å². The lowest BCUT2D eigenvalue weighted by Gasteiger charge is -2.38. The van der Waals surface area contributed by atoms with Crippen LogP contribution < -0.4 is 21.3 Å². The SMILES string of the molecule is CCC(C)[C@H](NC(=O)[C@@]1(C)CCCN1C)C(=O)N(C)[C@H](C[C@@H](O)c1nc(C(=O)N[C@@H](Cc2ccc(NC(=O)CNC(=O)OC(C)(C)C)cc2)C[C@H](C)C(=O)O)cs1)C(C)C. The number of aliphatic hydroxyl groups is 1. The summed E-state index contributed by atoms with van der Waals surface area (Å²) in [6.07, 6.45) is 1.02. The standard InChI is InChI=1S/C43H67N7O9S/c1-12-26(4)35(48-40(57)43(9)18-13-19-49(43)10)38(54)50(11)32(25(2)3)22-33(51)37-47-31(24-60-37)36(53)46-30(20-27(5)39(55)56)21-28-14-16-29(17-15-28)45-34(52)23-44-41(58)59-42(6,7)8/h14-17,24-27,30,32-33,35,51H,12-13,18-23H2,1-11H3,(H,44,58)(H,45,52)(H,46,53)(H,48,57)(H,55,56)/t26?,27-,30+,32+,33+,35-,43+/m0/s1. The Kier molecular flexibility index (Phi) is 18.1. The largest absolute Gasteiger partial charge is 0.481 e. The Morgan fingerprint density at radius 1 is 1.03 bits per heavy atom. The number of nitrogens with one attached hydrogen (secondary N) is 4. The fourth-order valence-corrected chi connectivity index (χ4v) is 7.96. The molecule has 1 fully saturated rings. The van der Waals surface area contributed by atoms with Crippen molar-refractivity contribution in [3.05, 3.63) is 45.9 Å². The predicted molar refractivity (Wildman–Crippen MR) is 230 cm³/mol. The monoisotopic (exact) mass is 857 g/mol. The smallest absolute Gasteiger partial charge is 0.408 e. The molecule has 7 atom stereocenters. The molecule has 0 saturated carbocycles. The number of thiazole rings is 1. The molecule has 1 unspecified atom stereocenters. The van der Waals surface area contributed by atoms with Crippen molar-refractivity contribution < 1.29 is 43.7 Å². The van der Waals surface area contributed by atoms with Gasteiger partial charge in [-0.15, -0.1) is 11.3 Å². The van der Waals surface area contributed by atoms with Gasteiger partial charge in [0.15, 0.2) is 0 Å². The number of hydrogen-bond acceptors (Lipinski definition) is 11. The van der Waals surface area contributed by atoms with E-state index in [4.69, 9.17) is 4.74 Å². The summed E-state index contributed by atoms with van der Waals surface area (Å²) in [6.45, 7) is 17.0. The molecule has 1 saturated heterocycles. The number of ether oxygens (including phenoxy) is 1. The number of nitrogens with zero attached hydrogens (tertiary/aromatic N) is 3. The van der Waals surface area contributed by atoms with Crippen LogP contribution in [0.5, 0.6) is 0 Å². The molecule has 2 heterocycles. The lowest BCUT2D eigenvalue weighted by atomic mass is 9.91. The fraction of sp³-hybridized carbons (Fsp3) is 0.651. The summed E-state index contributed by atoms with van der Waals surface area (Å²) in [5.74, 6) is -3.37.